The molecule has 1 fully saturated rings. The summed E-state index contributed by atoms with van der Waals surface area (Å²) in [5.41, 5.74) is 0. The molecule has 0 spiro atoms. The summed E-state index contributed by atoms with van der Waals surface area (Å²) in [5.74, 6) is 0.494. The fraction of sp³-hybridized carbons (Fsp3) is 1.00. The van der Waals surface area contributed by atoms with Crippen molar-refractivity contribution in [2.75, 3.05) is 6.26 Å². The highest BCUT2D eigenvalue weighted by Crippen LogP contribution is 2.23. The summed E-state index contributed by atoms with van der Waals surface area (Å²) in [6.45, 7) is 2.11. The lowest BCUT2D eigenvalue weighted by Crippen LogP contribution is -2.40. The van der Waals surface area contributed by atoms with Gasteiger partial charge in [0, 0.05) is 6.04 Å². The summed E-state index contributed by atoms with van der Waals surface area (Å²) in [5, 5.41) is 0. The predicted octanol–water partition coefficient (Wildman–Crippen LogP) is 1.11. The summed E-state index contributed by atoms with van der Waals surface area (Å²) in [7, 11) is -3.01. The lowest BCUT2D eigenvalue weighted by molar-refractivity contribution is 0.311. The molecule has 0 radical (unpaired) electrons. The fourth-order valence-electron chi connectivity index (χ4n) is 1.77. The third-order valence-corrected chi connectivity index (χ3v) is 3.21. The number of hydrogen-bond donors (Lipinski definition) is 1. The van der Waals surface area contributed by atoms with E-state index in [9.17, 15) is 8.42 Å². The molecule has 1 saturated carbocycles. The van der Waals surface area contributed by atoms with Gasteiger partial charge < -0.3 is 0 Å². The Balaban J connectivity index is 2.50. The molecule has 0 aromatic rings. The van der Waals surface area contributed by atoms with Gasteiger partial charge in [0.2, 0.25) is 10.0 Å². The zero-order valence-electron chi connectivity index (χ0n) is 7.71. The zero-order valence-corrected chi connectivity index (χ0v) is 8.52. The van der Waals surface area contributed by atoms with Crippen molar-refractivity contribution in [3.63, 3.8) is 0 Å². The van der Waals surface area contributed by atoms with E-state index in [2.05, 4.69) is 11.6 Å². The van der Waals surface area contributed by atoms with Crippen molar-refractivity contribution in [3.8, 4) is 0 Å². The number of hydrogen-bond acceptors (Lipinski definition) is 2. The van der Waals surface area contributed by atoms with Crippen LogP contribution in [0.25, 0.3) is 0 Å². The Kier molecular flexibility index (Phi) is 3.12. The molecule has 4 heteroatoms. The molecule has 0 aromatic carbocycles. The summed E-state index contributed by atoms with van der Waals surface area (Å²) in [6.07, 6.45) is 5.76. The van der Waals surface area contributed by atoms with Gasteiger partial charge in [-0.3, -0.25) is 0 Å². The maximum Gasteiger partial charge on any atom is 0.208 e. The van der Waals surface area contributed by atoms with E-state index >= 15 is 0 Å². The molecule has 0 bridgehead atoms. The SMILES string of the molecule is C[C@H]1CCCC[C@@H]1NS(C)(=O)=O. The number of nitrogens with one attached hydrogen (secondary N) is 1. The van der Waals surface area contributed by atoms with Crippen LogP contribution in [-0.2, 0) is 10.0 Å². The van der Waals surface area contributed by atoms with Gasteiger partial charge in [0.1, 0.15) is 0 Å². The first-order valence-corrected chi connectivity index (χ1v) is 6.35. The molecule has 0 amide bonds. The molecule has 0 unspecified atom stereocenters. The van der Waals surface area contributed by atoms with Crippen molar-refractivity contribution < 1.29 is 8.42 Å². The molecule has 72 valence electrons. The Hall–Kier alpha value is -0.0900. The minimum atomic E-state index is -3.01. The molecule has 1 aliphatic rings. The molecule has 1 rings (SSSR count). The lowest BCUT2D eigenvalue weighted by atomic mass is 9.87. The van der Waals surface area contributed by atoms with Crippen molar-refractivity contribution >= 4 is 10.0 Å². The highest BCUT2D eigenvalue weighted by atomic mass is 32.2. The van der Waals surface area contributed by atoms with Crippen molar-refractivity contribution in [1.82, 2.24) is 4.72 Å². The van der Waals surface area contributed by atoms with E-state index < -0.39 is 10.0 Å². The Labute approximate surface area is 74.6 Å². The van der Waals surface area contributed by atoms with E-state index in [1.54, 1.807) is 0 Å². The first-order valence-electron chi connectivity index (χ1n) is 4.46. The Morgan fingerprint density at radius 1 is 1.25 bits per heavy atom. The highest BCUT2D eigenvalue weighted by molar-refractivity contribution is 7.88. The monoisotopic (exact) mass is 191 g/mol. The van der Waals surface area contributed by atoms with Crippen molar-refractivity contribution in [2.45, 2.75) is 38.6 Å². The third kappa shape index (κ3) is 3.11. The normalized spacial score (nSPS) is 31.8. The second-order valence-electron chi connectivity index (χ2n) is 3.76. The van der Waals surface area contributed by atoms with Crippen LogP contribution in [-0.4, -0.2) is 20.7 Å². The predicted molar refractivity (Wildman–Crippen MR) is 49.4 cm³/mol. The van der Waals surface area contributed by atoms with Crippen molar-refractivity contribution in [2.24, 2.45) is 5.92 Å². The number of rotatable bonds is 2. The van der Waals surface area contributed by atoms with E-state index in [0.29, 0.717) is 5.92 Å². The first-order chi connectivity index (χ1) is 5.49. The smallest absolute Gasteiger partial charge is 0.208 e. The molecule has 2 atom stereocenters. The molecule has 1 N–H and O–H groups in total. The summed E-state index contributed by atoms with van der Waals surface area (Å²) < 4.78 is 24.5. The minimum Gasteiger partial charge on any atom is -0.213 e. The maximum absolute atomic E-state index is 10.9. The van der Waals surface area contributed by atoms with Gasteiger partial charge in [-0.2, -0.15) is 0 Å². The molecule has 0 heterocycles. The van der Waals surface area contributed by atoms with Crippen LogP contribution in [0.2, 0.25) is 0 Å². The molecule has 0 aliphatic heterocycles. The van der Waals surface area contributed by atoms with Gasteiger partial charge in [-0.15, -0.1) is 0 Å². The fourth-order valence-corrected chi connectivity index (χ4v) is 2.67. The molecular formula is C8H17NO2S. The van der Waals surface area contributed by atoms with Crippen LogP contribution in [0.3, 0.4) is 0 Å². The average molecular weight is 191 g/mol. The van der Waals surface area contributed by atoms with E-state index in [1.807, 2.05) is 0 Å². The van der Waals surface area contributed by atoms with E-state index in [4.69, 9.17) is 0 Å². The van der Waals surface area contributed by atoms with E-state index in [1.165, 1.54) is 12.7 Å². The summed E-state index contributed by atoms with van der Waals surface area (Å²) >= 11 is 0. The second-order valence-corrected chi connectivity index (χ2v) is 5.54. The first kappa shape index (κ1) is 9.99. The maximum atomic E-state index is 10.9. The van der Waals surface area contributed by atoms with Crippen molar-refractivity contribution in [1.29, 1.82) is 0 Å². The van der Waals surface area contributed by atoms with Gasteiger partial charge in [-0.25, -0.2) is 13.1 Å². The molecular weight excluding hydrogens is 174 g/mol. The van der Waals surface area contributed by atoms with Crippen LogP contribution in [0, 0.1) is 5.92 Å². The molecule has 0 saturated heterocycles. The Morgan fingerprint density at radius 3 is 2.33 bits per heavy atom. The highest BCUT2D eigenvalue weighted by Gasteiger charge is 2.23. The standard InChI is InChI=1S/C8H17NO2S/c1-7-5-3-4-6-8(7)9-12(2,10)11/h7-9H,3-6H2,1-2H3/t7-,8-/m0/s1. The van der Waals surface area contributed by atoms with Crippen LogP contribution in [0.4, 0.5) is 0 Å². The zero-order chi connectivity index (χ0) is 9.19. The quantitative estimate of drug-likeness (QED) is 0.711. The summed E-state index contributed by atoms with van der Waals surface area (Å²) in [4.78, 5) is 0. The van der Waals surface area contributed by atoms with Gasteiger partial charge >= 0.3 is 0 Å². The van der Waals surface area contributed by atoms with Crippen LogP contribution in [0.1, 0.15) is 32.6 Å². The van der Waals surface area contributed by atoms with E-state index in [0.717, 1.165) is 19.3 Å². The summed E-state index contributed by atoms with van der Waals surface area (Å²) in [6, 6.07) is 0.175. The van der Waals surface area contributed by atoms with Crippen LogP contribution in [0.15, 0.2) is 0 Å². The molecule has 12 heavy (non-hydrogen) atoms. The van der Waals surface area contributed by atoms with Gasteiger partial charge in [-0.05, 0) is 18.8 Å². The van der Waals surface area contributed by atoms with Crippen molar-refractivity contribution in [3.05, 3.63) is 0 Å². The van der Waals surface area contributed by atoms with E-state index in [-0.39, 0.29) is 6.04 Å². The molecule has 0 aromatic heterocycles. The van der Waals surface area contributed by atoms with Gasteiger partial charge in [0.15, 0.2) is 0 Å². The topological polar surface area (TPSA) is 46.2 Å². The number of sulfonamides is 1. The minimum absolute atomic E-state index is 0.175. The van der Waals surface area contributed by atoms with Crippen LogP contribution < -0.4 is 4.72 Å². The Bertz CT molecular complexity index is 235. The second kappa shape index (κ2) is 3.75. The van der Waals surface area contributed by atoms with Crippen LogP contribution in [0.5, 0.6) is 0 Å². The van der Waals surface area contributed by atoms with Gasteiger partial charge in [-0.1, -0.05) is 19.8 Å². The molecule has 1 aliphatic carbocycles. The van der Waals surface area contributed by atoms with Gasteiger partial charge in [0.05, 0.1) is 6.26 Å². The largest absolute Gasteiger partial charge is 0.213 e. The van der Waals surface area contributed by atoms with Gasteiger partial charge in [0.25, 0.3) is 0 Å². The average Bonchev–Trinajstić information content (AvgIpc) is 1.91. The Morgan fingerprint density at radius 2 is 1.83 bits per heavy atom. The molecule has 3 nitrogen and oxygen atoms in total. The van der Waals surface area contributed by atoms with Crippen LogP contribution >= 0.6 is 0 Å². The third-order valence-electron chi connectivity index (χ3n) is 2.48. The lowest BCUT2D eigenvalue weighted by Gasteiger charge is -2.28.